The summed E-state index contributed by atoms with van der Waals surface area (Å²) in [7, 11) is 0. The summed E-state index contributed by atoms with van der Waals surface area (Å²) < 4.78 is 0. The number of hydrogen-bond acceptors (Lipinski definition) is 2. The molecule has 1 aromatic carbocycles. The van der Waals surface area contributed by atoms with Gasteiger partial charge in [-0.05, 0) is 31.7 Å². The molecule has 1 atom stereocenters. The van der Waals surface area contributed by atoms with E-state index >= 15 is 0 Å². The Morgan fingerprint density at radius 1 is 1.33 bits per heavy atom. The fraction of sp³-hybridized carbons (Fsp3) is 0.462. The Morgan fingerprint density at radius 2 is 2.07 bits per heavy atom. The maximum absolute atomic E-state index is 5.64. The van der Waals surface area contributed by atoms with Crippen molar-refractivity contribution in [2.24, 2.45) is 5.16 Å². The fourth-order valence-electron chi connectivity index (χ4n) is 1.87. The Kier molecular flexibility index (Phi) is 2.76. The number of hydrogen-bond donors (Lipinski definition) is 0. The van der Waals surface area contributed by atoms with Crippen molar-refractivity contribution < 1.29 is 4.84 Å². The van der Waals surface area contributed by atoms with Gasteiger partial charge in [-0.2, -0.15) is 0 Å². The highest BCUT2D eigenvalue weighted by Crippen LogP contribution is 2.33. The van der Waals surface area contributed by atoms with Gasteiger partial charge in [-0.1, -0.05) is 42.4 Å². The van der Waals surface area contributed by atoms with E-state index in [1.54, 1.807) is 0 Å². The van der Waals surface area contributed by atoms with Crippen molar-refractivity contribution in [3.63, 3.8) is 0 Å². The highest BCUT2D eigenvalue weighted by atomic mass is 16.7. The average molecular weight is 203 g/mol. The molecule has 1 heterocycles. The predicted molar refractivity (Wildman–Crippen MR) is 61.8 cm³/mol. The minimum absolute atomic E-state index is 0.236. The third kappa shape index (κ3) is 2.04. The first-order valence-electron chi connectivity index (χ1n) is 5.54. The van der Waals surface area contributed by atoms with Gasteiger partial charge >= 0.3 is 0 Å². The number of nitrogens with zero attached hydrogens (tertiary/aromatic N) is 1. The van der Waals surface area contributed by atoms with Crippen LogP contribution in [0.15, 0.2) is 35.5 Å². The van der Waals surface area contributed by atoms with Crippen molar-refractivity contribution in [3.8, 4) is 0 Å². The van der Waals surface area contributed by atoms with E-state index in [1.165, 1.54) is 11.3 Å². The summed E-state index contributed by atoms with van der Waals surface area (Å²) in [5.74, 6) is 0. The van der Waals surface area contributed by atoms with E-state index in [0.29, 0.717) is 0 Å². The lowest BCUT2D eigenvalue weighted by molar-refractivity contribution is -0.0488. The van der Waals surface area contributed by atoms with E-state index in [0.717, 1.165) is 19.3 Å². The quantitative estimate of drug-likeness (QED) is 0.721. The molecule has 0 saturated carbocycles. The predicted octanol–water partition coefficient (Wildman–Crippen LogP) is 3.48. The molecule has 1 aliphatic heterocycles. The second-order valence-electron chi connectivity index (χ2n) is 4.20. The van der Waals surface area contributed by atoms with E-state index in [9.17, 15) is 0 Å². The molecular weight excluding hydrogens is 186 g/mol. The highest BCUT2D eigenvalue weighted by molar-refractivity contribution is 5.84. The van der Waals surface area contributed by atoms with Crippen molar-refractivity contribution in [1.29, 1.82) is 0 Å². The van der Waals surface area contributed by atoms with Crippen LogP contribution in [0.3, 0.4) is 0 Å². The lowest BCUT2D eigenvalue weighted by atomic mass is 9.89. The fourth-order valence-corrected chi connectivity index (χ4v) is 1.87. The Balaban J connectivity index is 2.20. The maximum atomic E-state index is 5.64. The van der Waals surface area contributed by atoms with Gasteiger partial charge in [-0.3, -0.25) is 0 Å². The molecule has 0 spiro atoms. The van der Waals surface area contributed by atoms with Crippen molar-refractivity contribution in [2.45, 2.75) is 38.7 Å². The molecule has 15 heavy (non-hydrogen) atoms. The molecule has 0 saturated heterocycles. The van der Waals surface area contributed by atoms with Crippen molar-refractivity contribution in [3.05, 3.63) is 35.9 Å². The van der Waals surface area contributed by atoms with Gasteiger partial charge in [0, 0.05) is 0 Å². The molecule has 80 valence electrons. The zero-order valence-electron chi connectivity index (χ0n) is 9.36. The summed E-state index contributed by atoms with van der Waals surface area (Å²) in [5.41, 5.74) is 2.15. The van der Waals surface area contributed by atoms with Crippen LogP contribution < -0.4 is 0 Å². The van der Waals surface area contributed by atoms with E-state index in [2.05, 4.69) is 31.1 Å². The summed E-state index contributed by atoms with van der Waals surface area (Å²) in [6.45, 7) is 4.23. The molecule has 2 heteroatoms. The minimum Gasteiger partial charge on any atom is -0.385 e. The maximum Gasteiger partial charge on any atom is 0.160 e. The summed E-state index contributed by atoms with van der Waals surface area (Å²) in [6.07, 6.45) is 3.05. The van der Waals surface area contributed by atoms with Crippen molar-refractivity contribution in [2.75, 3.05) is 0 Å². The Bertz CT molecular complexity index is 358. The largest absolute Gasteiger partial charge is 0.385 e. The molecule has 0 fully saturated rings. The van der Waals surface area contributed by atoms with E-state index in [1.807, 2.05) is 18.2 Å². The SMILES string of the molecule is CCC1=NOC(C)(c2ccccc2)CC1. The molecule has 1 aliphatic rings. The first-order valence-corrected chi connectivity index (χ1v) is 5.54. The van der Waals surface area contributed by atoms with E-state index in [4.69, 9.17) is 4.84 Å². The summed E-state index contributed by atoms with van der Waals surface area (Å²) in [5, 5.41) is 4.19. The van der Waals surface area contributed by atoms with Crippen LogP contribution in [-0.4, -0.2) is 5.71 Å². The van der Waals surface area contributed by atoms with Crippen LogP contribution in [0.4, 0.5) is 0 Å². The second-order valence-corrected chi connectivity index (χ2v) is 4.20. The van der Waals surface area contributed by atoms with Gasteiger partial charge in [0.25, 0.3) is 0 Å². The molecule has 0 radical (unpaired) electrons. The molecule has 2 rings (SSSR count). The zero-order valence-corrected chi connectivity index (χ0v) is 9.36. The van der Waals surface area contributed by atoms with Crippen molar-refractivity contribution >= 4 is 5.71 Å². The Hall–Kier alpha value is -1.31. The normalized spacial score (nSPS) is 25.6. The lowest BCUT2D eigenvalue weighted by Gasteiger charge is -2.31. The smallest absolute Gasteiger partial charge is 0.160 e. The molecule has 1 aromatic rings. The summed E-state index contributed by atoms with van der Waals surface area (Å²) >= 11 is 0. The standard InChI is InChI=1S/C13H17NO/c1-3-12-9-10-13(2,15-14-12)11-7-5-4-6-8-11/h4-8H,3,9-10H2,1-2H3. The van der Waals surface area contributed by atoms with Crippen molar-refractivity contribution in [1.82, 2.24) is 0 Å². The molecule has 0 N–H and O–H groups in total. The van der Waals surface area contributed by atoms with Gasteiger partial charge in [0.2, 0.25) is 0 Å². The van der Waals surface area contributed by atoms with Crippen LogP contribution in [0.1, 0.15) is 38.7 Å². The third-order valence-corrected chi connectivity index (χ3v) is 3.06. The molecular formula is C13H17NO. The Morgan fingerprint density at radius 3 is 2.60 bits per heavy atom. The van der Waals surface area contributed by atoms with E-state index < -0.39 is 0 Å². The van der Waals surface area contributed by atoms with Gasteiger partial charge in [0.1, 0.15) is 0 Å². The average Bonchev–Trinajstić information content (AvgIpc) is 2.31. The Labute approximate surface area is 90.9 Å². The monoisotopic (exact) mass is 203 g/mol. The molecule has 0 amide bonds. The van der Waals surface area contributed by atoms with Crippen LogP contribution >= 0.6 is 0 Å². The van der Waals surface area contributed by atoms with Gasteiger partial charge in [-0.15, -0.1) is 0 Å². The van der Waals surface area contributed by atoms with Crippen LogP contribution in [0, 0.1) is 0 Å². The lowest BCUT2D eigenvalue weighted by Crippen LogP contribution is -2.28. The molecule has 0 aliphatic carbocycles. The van der Waals surface area contributed by atoms with Crippen LogP contribution in [0.2, 0.25) is 0 Å². The highest BCUT2D eigenvalue weighted by Gasteiger charge is 2.31. The van der Waals surface area contributed by atoms with Crippen LogP contribution in [0.5, 0.6) is 0 Å². The van der Waals surface area contributed by atoms with Gasteiger partial charge in [-0.25, -0.2) is 0 Å². The third-order valence-electron chi connectivity index (χ3n) is 3.06. The van der Waals surface area contributed by atoms with Gasteiger partial charge in [0.05, 0.1) is 5.71 Å². The minimum atomic E-state index is -0.236. The second kappa shape index (κ2) is 4.05. The molecule has 0 aromatic heterocycles. The molecule has 1 unspecified atom stereocenters. The van der Waals surface area contributed by atoms with E-state index in [-0.39, 0.29) is 5.60 Å². The first-order chi connectivity index (χ1) is 7.24. The number of benzene rings is 1. The molecule has 0 bridgehead atoms. The van der Waals surface area contributed by atoms with Crippen LogP contribution in [0.25, 0.3) is 0 Å². The zero-order chi connectivity index (χ0) is 10.7. The molecule has 2 nitrogen and oxygen atoms in total. The number of rotatable bonds is 2. The topological polar surface area (TPSA) is 21.6 Å². The van der Waals surface area contributed by atoms with Gasteiger partial charge in [0.15, 0.2) is 5.60 Å². The first kappa shape index (κ1) is 10.2. The van der Waals surface area contributed by atoms with Crippen LogP contribution in [-0.2, 0) is 10.4 Å². The summed E-state index contributed by atoms with van der Waals surface area (Å²) in [6, 6.07) is 10.3. The summed E-state index contributed by atoms with van der Waals surface area (Å²) in [4.78, 5) is 5.64. The van der Waals surface area contributed by atoms with Gasteiger partial charge < -0.3 is 4.84 Å². The number of oxime groups is 1.